The summed E-state index contributed by atoms with van der Waals surface area (Å²) in [4.78, 5) is 30.8. The number of carbonyl (C=O) groups excluding carboxylic acids is 2. The van der Waals surface area contributed by atoms with Crippen LogP contribution < -0.4 is 14.5 Å². The Morgan fingerprint density at radius 2 is 1.58 bits per heavy atom. The number of Topliss-reactive ketones (excluding diaryl/α,β-unsaturated/α-hetero) is 1. The van der Waals surface area contributed by atoms with E-state index in [4.69, 9.17) is 4.74 Å². The Labute approximate surface area is 225 Å². The Balaban J connectivity index is 1.88. The maximum Gasteiger partial charge on any atom is 0.300 e. The van der Waals surface area contributed by atoms with Crippen LogP contribution >= 0.6 is 0 Å². The average Bonchev–Trinajstić information content (AvgIpc) is 3.16. The van der Waals surface area contributed by atoms with Crippen LogP contribution in [0.3, 0.4) is 0 Å². The molecule has 0 spiro atoms. The normalized spacial score (nSPS) is 16.8. The quantitative estimate of drug-likeness (QED) is 0.210. The monoisotopic (exact) mass is 512 g/mol. The fourth-order valence-corrected chi connectivity index (χ4v) is 4.97. The predicted molar refractivity (Wildman–Crippen MR) is 153 cm³/mol. The van der Waals surface area contributed by atoms with Crippen molar-refractivity contribution in [3.8, 4) is 5.75 Å². The first-order valence-corrected chi connectivity index (χ1v) is 13.2. The van der Waals surface area contributed by atoms with Crippen molar-refractivity contribution < 1.29 is 19.4 Å². The lowest BCUT2D eigenvalue weighted by atomic mass is 9.94. The molecule has 0 aromatic heterocycles. The highest BCUT2D eigenvalue weighted by molar-refractivity contribution is 6.51. The summed E-state index contributed by atoms with van der Waals surface area (Å²) in [7, 11) is 0. The SMILES string of the molecule is CCN(CC)c1ccc(C2/C(=C(\O)c3ccc(OC(C)C)cc3)C(=O)C(=O)N2c2cccc(C)c2C)cc1. The van der Waals surface area contributed by atoms with Crippen LogP contribution in [0.25, 0.3) is 5.76 Å². The van der Waals surface area contributed by atoms with E-state index in [-0.39, 0.29) is 17.4 Å². The number of anilines is 2. The number of nitrogens with zero attached hydrogens (tertiary/aromatic N) is 2. The van der Waals surface area contributed by atoms with Crippen molar-refractivity contribution in [1.82, 2.24) is 0 Å². The van der Waals surface area contributed by atoms with E-state index in [1.807, 2.05) is 70.2 Å². The molecule has 3 aromatic carbocycles. The fraction of sp³-hybridized carbons (Fsp3) is 0.312. The lowest BCUT2D eigenvalue weighted by Gasteiger charge is -2.28. The standard InChI is InChI=1S/C32H36N2O4/c1-7-33(8-2)25-16-12-23(13-17-25)29-28(30(35)24-14-18-26(19-15-24)38-20(3)4)31(36)32(37)34(29)27-11-9-10-21(5)22(27)6/h9-20,29,35H,7-8H2,1-6H3/b30-28+. The van der Waals surface area contributed by atoms with Gasteiger partial charge in [0.05, 0.1) is 17.7 Å². The summed E-state index contributed by atoms with van der Waals surface area (Å²) >= 11 is 0. The predicted octanol–water partition coefficient (Wildman–Crippen LogP) is 6.56. The molecule has 0 radical (unpaired) electrons. The Hall–Kier alpha value is -4.06. The summed E-state index contributed by atoms with van der Waals surface area (Å²) in [6, 6.07) is 19.7. The van der Waals surface area contributed by atoms with Crippen LogP contribution in [0.5, 0.6) is 5.75 Å². The van der Waals surface area contributed by atoms with E-state index in [0.29, 0.717) is 17.0 Å². The minimum absolute atomic E-state index is 0.0108. The van der Waals surface area contributed by atoms with Crippen molar-refractivity contribution in [2.75, 3.05) is 22.9 Å². The third-order valence-corrected chi connectivity index (χ3v) is 7.12. The Kier molecular flexibility index (Phi) is 7.91. The van der Waals surface area contributed by atoms with Crippen molar-refractivity contribution in [2.24, 2.45) is 0 Å². The van der Waals surface area contributed by atoms with Gasteiger partial charge in [-0.1, -0.05) is 24.3 Å². The Bertz CT molecular complexity index is 1350. The number of aliphatic hydroxyl groups is 1. The molecule has 1 aliphatic rings. The molecular weight excluding hydrogens is 476 g/mol. The lowest BCUT2D eigenvalue weighted by Crippen LogP contribution is -2.30. The molecule has 1 heterocycles. The third kappa shape index (κ3) is 5.03. The maximum atomic E-state index is 13.5. The van der Waals surface area contributed by atoms with Crippen molar-refractivity contribution in [2.45, 2.75) is 53.7 Å². The van der Waals surface area contributed by atoms with Crippen molar-refractivity contribution in [3.05, 3.63) is 94.6 Å². The summed E-state index contributed by atoms with van der Waals surface area (Å²) in [6.45, 7) is 13.7. The highest BCUT2D eigenvalue weighted by Crippen LogP contribution is 2.44. The first kappa shape index (κ1) is 27.0. The first-order valence-electron chi connectivity index (χ1n) is 13.2. The number of aryl methyl sites for hydroxylation is 1. The van der Waals surface area contributed by atoms with Crippen LogP contribution in [0.4, 0.5) is 11.4 Å². The molecular formula is C32H36N2O4. The van der Waals surface area contributed by atoms with E-state index in [1.54, 1.807) is 24.3 Å². The Morgan fingerprint density at radius 1 is 0.947 bits per heavy atom. The zero-order valence-electron chi connectivity index (χ0n) is 23.0. The average molecular weight is 513 g/mol. The van der Waals surface area contributed by atoms with Gasteiger partial charge in [0.2, 0.25) is 0 Å². The molecule has 0 aliphatic carbocycles. The smallest absolute Gasteiger partial charge is 0.300 e. The van der Waals surface area contributed by atoms with Gasteiger partial charge in [-0.05, 0) is 101 Å². The van der Waals surface area contributed by atoms with Gasteiger partial charge in [0.25, 0.3) is 11.7 Å². The number of ketones is 1. The molecule has 1 saturated heterocycles. The molecule has 1 unspecified atom stereocenters. The van der Waals surface area contributed by atoms with Crippen molar-refractivity contribution in [1.29, 1.82) is 0 Å². The molecule has 6 heteroatoms. The van der Waals surface area contributed by atoms with Crippen LogP contribution in [0, 0.1) is 13.8 Å². The number of carbonyl (C=O) groups is 2. The lowest BCUT2D eigenvalue weighted by molar-refractivity contribution is -0.132. The van der Waals surface area contributed by atoms with E-state index < -0.39 is 17.7 Å². The number of hydrogen-bond acceptors (Lipinski definition) is 5. The summed E-state index contributed by atoms with van der Waals surface area (Å²) in [5.74, 6) is -0.900. The fourth-order valence-electron chi connectivity index (χ4n) is 4.97. The Morgan fingerprint density at radius 3 is 2.16 bits per heavy atom. The van der Waals surface area contributed by atoms with Gasteiger partial charge in [0, 0.05) is 30.0 Å². The first-order chi connectivity index (χ1) is 18.2. The third-order valence-electron chi connectivity index (χ3n) is 7.12. The zero-order valence-corrected chi connectivity index (χ0v) is 23.0. The second kappa shape index (κ2) is 11.1. The maximum absolute atomic E-state index is 13.5. The number of ether oxygens (including phenoxy) is 1. The van der Waals surface area contributed by atoms with Gasteiger partial charge in [0.15, 0.2) is 0 Å². The van der Waals surface area contributed by atoms with Gasteiger partial charge in [-0.3, -0.25) is 14.5 Å². The van der Waals surface area contributed by atoms with Gasteiger partial charge in [-0.25, -0.2) is 0 Å². The summed E-state index contributed by atoms with van der Waals surface area (Å²) in [6.07, 6.45) is 0.0108. The number of aliphatic hydroxyl groups excluding tert-OH is 1. The van der Waals surface area contributed by atoms with E-state index in [2.05, 4.69) is 18.7 Å². The van der Waals surface area contributed by atoms with E-state index in [0.717, 1.165) is 35.5 Å². The van der Waals surface area contributed by atoms with Gasteiger partial charge in [-0.2, -0.15) is 0 Å². The van der Waals surface area contributed by atoms with Crippen molar-refractivity contribution >= 4 is 28.8 Å². The topological polar surface area (TPSA) is 70.1 Å². The molecule has 1 fully saturated rings. The molecule has 1 atom stereocenters. The van der Waals surface area contributed by atoms with Crippen molar-refractivity contribution in [3.63, 3.8) is 0 Å². The van der Waals surface area contributed by atoms with E-state index in [9.17, 15) is 14.7 Å². The number of rotatable bonds is 8. The molecule has 3 aromatic rings. The van der Waals surface area contributed by atoms with Gasteiger partial charge < -0.3 is 14.7 Å². The summed E-state index contributed by atoms with van der Waals surface area (Å²) < 4.78 is 5.72. The number of amides is 1. The summed E-state index contributed by atoms with van der Waals surface area (Å²) in [5, 5.41) is 11.5. The van der Waals surface area contributed by atoms with Crippen LogP contribution in [-0.2, 0) is 9.59 Å². The number of benzene rings is 3. The van der Waals surface area contributed by atoms with E-state index in [1.165, 1.54) is 4.90 Å². The molecule has 6 nitrogen and oxygen atoms in total. The molecule has 1 aliphatic heterocycles. The molecule has 1 N–H and O–H groups in total. The second-order valence-electron chi connectivity index (χ2n) is 9.84. The molecule has 0 saturated carbocycles. The highest BCUT2D eigenvalue weighted by Gasteiger charge is 2.47. The van der Waals surface area contributed by atoms with Crippen LogP contribution in [0.2, 0.25) is 0 Å². The highest BCUT2D eigenvalue weighted by atomic mass is 16.5. The van der Waals surface area contributed by atoms with E-state index >= 15 is 0 Å². The molecule has 0 bridgehead atoms. The largest absolute Gasteiger partial charge is 0.507 e. The summed E-state index contributed by atoms with van der Waals surface area (Å²) in [5.41, 5.74) is 4.92. The van der Waals surface area contributed by atoms with Gasteiger partial charge in [-0.15, -0.1) is 0 Å². The number of hydrogen-bond donors (Lipinski definition) is 1. The van der Waals surface area contributed by atoms with Gasteiger partial charge in [0.1, 0.15) is 11.5 Å². The minimum Gasteiger partial charge on any atom is -0.507 e. The zero-order chi connectivity index (χ0) is 27.6. The molecule has 4 rings (SSSR count). The van der Waals surface area contributed by atoms with Crippen LogP contribution in [-0.4, -0.2) is 36.0 Å². The van der Waals surface area contributed by atoms with Crippen LogP contribution in [0.15, 0.2) is 72.3 Å². The molecule has 38 heavy (non-hydrogen) atoms. The second-order valence-corrected chi connectivity index (χ2v) is 9.84. The molecule has 1 amide bonds. The minimum atomic E-state index is -0.771. The van der Waals surface area contributed by atoms with Crippen LogP contribution in [0.1, 0.15) is 56.0 Å². The molecule has 198 valence electrons. The van der Waals surface area contributed by atoms with Gasteiger partial charge >= 0.3 is 0 Å².